The van der Waals surface area contributed by atoms with Crippen molar-refractivity contribution < 1.29 is 37.8 Å². The van der Waals surface area contributed by atoms with E-state index in [0.29, 0.717) is 65.8 Å². The number of hydrogen-bond donors (Lipinski definition) is 4. The maximum Gasteiger partial charge on any atom is 0.407 e. The monoisotopic (exact) mass is 949 g/mol. The minimum absolute atomic E-state index is 0.158. The zero-order valence-corrected chi connectivity index (χ0v) is 39.9. The topological polar surface area (TPSA) is 189 Å². The average molecular weight is 950 g/mol. The first-order valence-electron chi connectivity index (χ1n) is 23.9. The van der Waals surface area contributed by atoms with E-state index >= 15 is 4.39 Å². The molecule has 0 spiro atoms. The molecular weight excluding hydrogens is 894 g/mol. The van der Waals surface area contributed by atoms with Crippen LogP contribution in [-0.4, -0.2) is 97.7 Å². The van der Waals surface area contributed by atoms with E-state index in [1.807, 2.05) is 80.8 Å². The summed E-state index contributed by atoms with van der Waals surface area (Å²) in [5.74, 6) is 0.357. The van der Waals surface area contributed by atoms with E-state index in [2.05, 4.69) is 44.9 Å². The fourth-order valence-corrected chi connectivity index (χ4v) is 10.4. The molecule has 17 heteroatoms. The highest BCUT2D eigenvalue weighted by Crippen LogP contribution is 2.48. The molecule has 4 amide bonds. The molecule has 0 saturated carbocycles. The number of alkyl carbamates (subject to hydrolysis) is 2. The van der Waals surface area contributed by atoms with E-state index in [-0.39, 0.29) is 35.7 Å². The molecule has 3 aliphatic rings. The van der Waals surface area contributed by atoms with Gasteiger partial charge in [-0.3, -0.25) is 9.59 Å². The van der Waals surface area contributed by atoms with Crippen molar-refractivity contribution in [1.82, 2.24) is 44.9 Å². The van der Waals surface area contributed by atoms with Crippen molar-refractivity contribution in [3.05, 3.63) is 114 Å². The highest BCUT2D eigenvalue weighted by atomic mass is 19.1. The number of benzene rings is 4. The van der Waals surface area contributed by atoms with Gasteiger partial charge in [0.1, 0.15) is 35.3 Å². The fraction of sp³-hybridized carbons (Fsp3) is 0.358. The molecule has 2 saturated heterocycles. The third-order valence-electron chi connectivity index (χ3n) is 14.0. The Morgan fingerprint density at radius 2 is 1.29 bits per heavy atom. The molecular formula is C53H56FN9O7. The summed E-state index contributed by atoms with van der Waals surface area (Å²) in [4.78, 5) is 71.9. The summed E-state index contributed by atoms with van der Waals surface area (Å²) in [5.41, 5.74) is 5.39. The van der Waals surface area contributed by atoms with Crippen molar-refractivity contribution in [2.24, 2.45) is 11.8 Å². The maximum atomic E-state index is 17.0. The molecule has 70 heavy (non-hydrogen) atoms. The van der Waals surface area contributed by atoms with Gasteiger partial charge in [-0.1, -0.05) is 70.2 Å². The number of carbonyl (C=O) groups excluding carboxylic acids is 4. The summed E-state index contributed by atoms with van der Waals surface area (Å²) in [6, 6.07) is 23.5. The van der Waals surface area contributed by atoms with Crippen molar-refractivity contribution in [1.29, 1.82) is 0 Å². The van der Waals surface area contributed by atoms with Crippen molar-refractivity contribution in [2.75, 3.05) is 27.3 Å². The van der Waals surface area contributed by atoms with Gasteiger partial charge in [0.25, 0.3) is 0 Å². The number of methoxy groups -OCH3 is 2. The van der Waals surface area contributed by atoms with Crippen molar-refractivity contribution in [3.8, 4) is 39.5 Å². The molecule has 0 radical (unpaired) electrons. The largest absolute Gasteiger partial charge is 0.465 e. The maximum absolute atomic E-state index is 17.0. The number of fused-ring (bicyclic) bond motifs is 6. The predicted octanol–water partition coefficient (Wildman–Crippen LogP) is 9.41. The highest BCUT2D eigenvalue weighted by Gasteiger charge is 2.40. The Bertz CT molecular complexity index is 3160. The third kappa shape index (κ3) is 8.36. The normalized spacial score (nSPS) is 18.4. The number of H-pyrrole nitrogens is 2. The second-order valence-corrected chi connectivity index (χ2v) is 19.0. The van der Waals surface area contributed by atoms with Gasteiger partial charge in [0.05, 0.1) is 66.9 Å². The smallest absolute Gasteiger partial charge is 0.407 e. The molecule has 5 atom stereocenters. The van der Waals surface area contributed by atoms with Gasteiger partial charge < -0.3 is 49.2 Å². The van der Waals surface area contributed by atoms with E-state index in [4.69, 9.17) is 24.2 Å². The van der Waals surface area contributed by atoms with E-state index in [0.717, 1.165) is 51.3 Å². The van der Waals surface area contributed by atoms with Crippen molar-refractivity contribution in [2.45, 2.75) is 83.8 Å². The Balaban J connectivity index is 0.986. The number of hydrogen-bond acceptors (Lipinski definition) is 9. The number of ether oxygens (including phenoxy) is 3. The SMILES string of the molecule is COC(=O)N[C@H](C(=O)N1CCC[C@H]1c1ncc(-c2cc(F)c3c(c2)OC(c2ccc4ccccc4c2)n2c-3cc3cc(-c4cnc([C@@H]5CCCN5C(=O)[C@@H](NC(=O)OC)C(C)C)[nH]4)ccc32)[nH]1)C(C)C. The fourth-order valence-electron chi connectivity index (χ4n) is 10.4. The van der Waals surface area contributed by atoms with Gasteiger partial charge in [-0.25, -0.2) is 23.9 Å². The van der Waals surface area contributed by atoms with Gasteiger partial charge in [0.2, 0.25) is 18.0 Å². The quantitative estimate of drug-likeness (QED) is 0.0979. The number of halogens is 1. The van der Waals surface area contributed by atoms with E-state index in [1.165, 1.54) is 20.3 Å². The van der Waals surface area contributed by atoms with Gasteiger partial charge in [0.15, 0.2) is 0 Å². The van der Waals surface area contributed by atoms with Gasteiger partial charge in [-0.05, 0) is 84.7 Å². The molecule has 3 aromatic heterocycles. The number of likely N-dealkylation sites (tertiary alicyclic amines) is 2. The first-order valence-corrected chi connectivity index (χ1v) is 23.9. The molecule has 1 unspecified atom stereocenters. The zero-order valence-electron chi connectivity index (χ0n) is 39.9. The first-order chi connectivity index (χ1) is 33.8. The Hall–Kier alpha value is -7.69. The average Bonchev–Trinajstić information content (AvgIpc) is 4.23. The molecule has 10 rings (SSSR count). The van der Waals surface area contributed by atoms with Crippen LogP contribution in [-0.2, 0) is 19.1 Å². The second-order valence-electron chi connectivity index (χ2n) is 19.0. The number of carbonyl (C=O) groups is 4. The van der Waals surface area contributed by atoms with Crippen molar-refractivity contribution >= 4 is 45.7 Å². The molecule has 6 heterocycles. The number of aromatic nitrogens is 5. The number of imidazole rings is 2. The van der Waals surface area contributed by atoms with Crippen LogP contribution in [0.2, 0.25) is 0 Å². The Labute approximate surface area is 403 Å². The first kappa shape index (κ1) is 46.1. The summed E-state index contributed by atoms with van der Waals surface area (Å²) in [6.07, 6.45) is 4.36. The lowest BCUT2D eigenvalue weighted by molar-refractivity contribution is -0.136. The summed E-state index contributed by atoms with van der Waals surface area (Å²) in [6.45, 7) is 8.55. The van der Waals surface area contributed by atoms with Crippen LogP contribution in [0.15, 0.2) is 91.3 Å². The number of nitrogens with zero attached hydrogens (tertiary/aromatic N) is 5. The standard InChI is InChI=1S/C53H56FN9O7/c1-28(2)45(59-52(66)68-5)49(64)61-19-9-13-40(61)47-55-26-37(57-47)32-17-18-39-35(22-32)24-42-44-36(54)23-34(25-43(44)70-51(63(39)42)33-16-15-30-11-7-8-12-31(30)21-33)38-27-56-48(58-38)41-14-10-20-62(41)50(65)46(29(3)4)60-53(67)69-6/h7-8,11-12,15-18,21-29,40-41,45-46,51H,9-10,13-14,19-20H2,1-6H3,(H,55,57)(H,56,58)(H,59,66)(H,60,67)/t40-,41-,45-,46-,51?/m0/s1. The highest BCUT2D eigenvalue weighted by molar-refractivity contribution is 5.93. The van der Waals surface area contributed by atoms with Gasteiger partial charge in [-0.2, -0.15) is 0 Å². The Kier molecular flexibility index (Phi) is 12.3. The molecule has 3 aliphatic heterocycles. The molecule has 2 fully saturated rings. The van der Waals surface area contributed by atoms with Crippen molar-refractivity contribution in [3.63, 3.8) is 0 Å². The lowest BCUT2D eigenvalue weighted by Gasteiger charge is -2.31. The predicted molar refractivity (Wildman–Crippen MR) is 261 cm³/mol. The van der Waals surface area contributed by atoms with Crippen LogP contribution in [0.3, 0.4) is 0 Å². The number of aromatic amines is 2. The van der Waals surface area contributed by atoms with Gasteiger partial charge in [-0.15, -0.1) is 0 Å². The third-order valence-corrected chi connectivity index (χ3v) is 14.0. The summed E-state index contributed by atoms with van der Waals surface area (Å²) < 4.78 is 35.6. The summed E-state index contributed by atoms with van der Waals surface area (Å²) >= 11 is 0. The molecule has 0 aliphatic carbocycles. The van der Waals surface area contributed by atoms with E-state index in [9.17, 15) is 19.2 Å². The lowest BCUT2D eigenvalue weighted by atomic mass is 10.0. The van der Waals surface area contributed by atoms with Crippen LogP contribution in [0.1, 0.15) is 88.9 Å². The molecule has 0 bridgehead atoms. The number of nitrogens with one attached hydrogen (secondary N) is 4. The molecule has 16 nitrogen and oxygen atoms in total. The second kappa shape index (κ2) is 18.7. The van der Waals surface area contributed by atoms with Crippen LogP contribution < -0.4 is 15.4 Å². The molecule has 4 aromatic carbocycles. The molecule has 362 valence electrons. The minimum atomic E-state index is -0.778. The van der Waals surface area contributed by atoms with Gasteiger partial charge >= 0.3 is 12.2 Å². The van der Waals surface area contributed by atoms with E-state index in [1.54, 1.807) is 22.2 Å². The van der Waals surface area contributed by atoms with Crippen LogP contribution in [0.25, 0.3) is 55.4 Å². The zero-order chi connectivity index (χ0) is 49.0. The van der Waals surface area contributed by atoms with Crippen LogP contribution >= 0.6 is 0 Å². The number of amides is 4. The minimum Gasteiger partial charge on any atom is -0.465 e. The summed E-state index contributed by atoms with van der Waals surface area (Å²) in [5, 5.41) is 8.37. The van der Waals surface area contributed by atoms with E-state index < -0.39 is 36.3 Å². The van der Waals surface area contributed by atoms with Crippen LogP contribution in [0.4, 0.5) is 14.0 Å². The number of rotatable bonds is 11. The molecule has 4 N–H and O–H groups in total. The summed E-state index contributed by atoms with van der Waals surface area (Å²) in [7, 11) is 2.54. The Morgan fingerprint density at radius 1 is 0.700 bits per heavy atom. The Morgan fingerprint density at radius 3 is 1.87 bits per heavy atom. The van der Waals surface area contributed by atoms with Crippen LogP contribution in [0.5, 0.6) is 5.75 Å². The van der Waals surface area contributed by atoms with Gasteiger partial charge in [0, 0.05) is 35.2 Å². The molecule has 7 aromatic rings. The van der Waals surface area contributed by atoms with Crippen LogP contribution in [0, 0.1) is 17.7 Å². The lowest BCUT2D eigenvalue weighted by Crippen LogP contribution is -2.51.